The molecule has 0 aliphatic carbocycles. The van der Waals surface area contributed by atoms with Gasteiger partial charge in [0.15, 0.2) is 0 Å². The molecule has 0 amide bonds. The first-order chi connectivity index (χ1) is 9.09. The van der Waals surface area contributed by atoms with Gasteiger partial charge in [0.05, 0.1) is 12.0 Å². The summed E-state index contributed by atoms with van der Waals surface area (Å²) in [4.78, 5) is 5.66. The van der Waals surface area contributed by atoms with Crippen LogP contribution in [0.5, 0.6) is 0 Å². The Bertz CT molecular complexity index is 485. The zero-order valence-electron chi connectivity index (χ0n) is 12.1. The van der Waals surface area contributed by atoms with E-state index in [1.165, 1.54) is 10.6 Å². The number of hydrogen-bond acceptors (Lipinski definition) is 3. The first-order valence-electron chi connectivity index (χ1n) is 6.87. The van der Waals surface area contributed by atoms with Gasteiger partial charge in [-0.25, -0.2) is 4.98 Å². The van der Waals surface area contributed by atoms with Crippen molar-refractivity contribution in [2.24, 2.45) is 5.92 Å². The largest absolute Gasteiger partial charge is 0.331 e. The van der Waals surface area contributed by atoms with Crippen LogP contribution >= 0.6 is 11.3 Å². The SMILES string of the molecule is CC(C)C(NCc1cncn1C(C)C)c1cccs1. The fourth-order valence-electron chi connectivity index (χ4n) is 2.28. The van der Waals surface area contributed by atoms with Crippen LogP contribution in [0.1, 0.15) is 50.3 Å². The zero-order chi connectivity index (χ0) is 13.8. The molecule has 1 unspecified atom stereocenters. The number of nitrogens with zero attached hydrogens (tertiary/aromatic N) is 2. The second kappa shape index (κ2) is 6.35. The van der Waals surface area contributed by atoms with Crippen LogP contribution in [-0.4, -0.2) is 9.55 Å². The highest BCUT2D eigenvalue weighted by Gasteiger charge is 2.17. The van der Waals surface area contributed by atoms with Crippen molar-refractivity contribution in [3.63, 3.8) is 0 Å². The standard InChI is InChI=1S/C15H23N3S/c1-11(2)15(14-6-5-7-19-14)17-9-13-8-16-10-18(13)12(3)4/h5-8,10-12,15,17H,9H2,1-4H3. The average Bonchev–Trinajstić information content (AvgIpc) is 2.98. The van der Waals surface area contributed by atoms with Crippen molar-refractivity contribution in [2.45, 2.75) is 46.3 Å². The minimum atomic E-state index is 0.413. The molecule has 0 radical (unpaired) electrons. The molecule has 0 fully saturated rings. The average molecular weight is 277 g/mol. The highest BCUT2D eigenvalue weighted by atomic mass is 32.1. The normalized spacial score (nSPS) is 13.4. The quantitative estimate of drug-likeness (QED) is 0.864. The van der Waals surface area contributed by atoms with Gasteiger partial charge in [0.2, 0.25) is 0 Å². The molecule has 2 aromatic rings. The highest BCUT2D eigenvalue weighted by Crippen LogP contribution is 2.26. The van der Waals surface area contributed by atoms with Gasteiger partial charge in [0.25, 0.3) is 0 Å². The molecule has 3 nitrogen and oxygen atoms in total. The van der Waals surface area contributed by atoms with Crippen molar-refractivity contribution in [3.05, 3.63) is 40.6 Å². The molecule has 2 heterocycles. The molecule has 0 aliphatic heterocycles. The first-order valence-corrected chi connectivity index (χ1v) is 7.75. The lowest BCUT2D eigenvalue weighted by Gasteiger charge is -2.22. The van der Waals surface area contributed by atoms with Crippen LogP contribution in [0, 0.1) is 5.92 Å². The van der Waals surface area contributed by atoms with Crippen molar-refractivity contribution in [3.8, 4) is 0 Å². The van der Waals surface area contributed by atoms with Gasteiger partial charge >= 0.3 is 0 Å². The van der Waals surface area contributed by atoms with E-state index in [0.717, 1.165) is 6.54 Å². The van der Waals surface area contributed by atoms with Crippen LogP contribution < -0.4 is 5.32 Å². The summed E-state index contributed by atoms with van der Waals surface area (Å²) in [6, 6.07) is 5.20. The first kappa shape index (κ1) is 14.3. The molecule has 104 valence electrons. The number of hydrogen-bond donors (Lipinski definition) is 1. The lowest BCUT2D eigenvalue weighted by Crippen LogP contribution is -2.25. The third kappa shape index (κ3) is 3.45. The topological polar surface area (TPSA) is 29.9 Å². The van der Waals surface area contributed by atoms with Crippen LogP contribution in [0.25, 0.3) is 0 Å². The maximum absolute atomic E-state index is 4.25. The summed E-state index contributed by atoms with van der Waals surface area (Å²) in [6.45, 7) is 9.75. The van der Waals surface area contributed by atoms with E-state index >= 15 is 0 Å². The van der Waals surface area contributed by atoms with E-state index in [2.05, 4.69) is 60.1 Å². The lowest BCUT2D eigenvalue weighted by molar-refractivity contribution is 0.407. The molecule has 0 saturated heterocycles. The molecule has 0 saturated carbocycles. The molecule has 2 aromatic heterocycles. The van der Waals surface area contributed by atoms with Gasteiger partial charge < -0.3 is 9.88 Å². The Balaban J connectivity index is 2.05. The van der Waals surface area contributed by atoms with Crippen LogP contribution in [-0.2, 0) is 6.54 Å². The smallest absolute Gasteiger partial charge is 0.0951 e. The monoisotopic (exact) mass is 277 g/mol. The number of thiophene rings is 1. The van der Waals surface area contributed by atoms with Crippen LogP contribution in [0.15, 0.2) is 30.0 Å². The summed E-state index contributed by atoms with van der Waals surface area (Å²) in [7, 11) is 0. The molecule has 0 aliphatic rings. The Morgan fingerprint density at radius 1 is 1.32 bits per heavy atom. The fourth-order valence-corrected chi connectivity index (χ4v) is 3.26. The van der Waals surface area contributed by atoms with E-state index in [9.17, 15) is 0 Å². The van der Waals surface area contributed by atoms with Gasteiger partial charge in [-0.05, 0) is 31.2 Å². The molecule has 4 heteroatoms. The Kier molecular flexibility index (Phi) is 4.77. The summed E-state index contributed by atoms with van der Waals surface area (Å²) >= 11 is 1.82. The van der Waals surface area contributed by atoms with Crippen LogP contribution in [0.2, 0.25) is 0 Å². The van der Waals surface area contributed by atoms with E-state index in [-0.39, 0.29) is 0 Å². The second-order valence-electron chi connectivity index (χ2n) is 5.50. The number of aromatic nitrogens is 2. The van der Waals surface area contributed by atoms with Gasteiger partial charge in [0, 0.05) is 29.7 Å². The summed E-state index contributed by atoms with van der Waals surface area (Å²) < 4.78 is 2.22. The van der Waals surface area contributed by atoms with Gasteiger partial charge in [-0.1, -0.05) is 19.9 Å². The highest BCUT2D eigenvalue weighted by molar-refractivity contribution is 7.10. The van der Waals surface area contributed by atoms with Crippen LogP contribution in [0.3, 0.4) is 0 Å². The molecular weight excluding hydrogens is 254 g/mol. The third-order valence-corrected chi connectivity index (χ3v) is 4.28. The summed E-state index contributed by atoms with van der Waals surface area (Å²) in [5, 5.41) is 5.81. The van der Waals surface area contributed by atoms with Gasteiger partial charge in [-0.2, -0.15) is 0 Å². The molecule has 0 spiro atoms. The van der Waals surface area contributed by atoms with E-state index in [0.29, 0.717) is 18.0 Å². The molecule has 0 aromatic carbocycles. The maximum atomic E-state index is 4.25. The van der Waals surface area contributed by atoms with Crippen LogP contribution in [0.4, 0.5) is 0 Å². The van der Waals surface area contributed by atoms with Crippen molar-refractivity contribution in [1.29, 1.82) is 0 Å². The van der Waals surface area contributed by atoms with Crippen molar-refractivity contribution < 1.29 is 0 Å². The van der Waals surface area contributed by atoms with Gasteiger partial charge in [0.1, 0.15) is 0 Å². The predicted octanol–water partition coefficient (Wildman–Crippen LogP) is 4.01. The fraction of sp³-hybridized carbons (Fsp3) is 0.533. The zero-order valence-corrected chi connectivity index (χ0v) is 12.9. The molecule has 0 bridgehead atoms. The molecule has 2 rings (SSSR count). The third-order valence-electron chi connectivity index (χ3n) is 3.32. The predicted molar refractivity (Wildman–Crippen MR) is 81.3 cm³/mol. The molecule has 1 atom stereocenters. The van der Waals surface area contributed by atoms with Gasteiger partial charge in [-0.3, -0.25) is 0 Å². The summed E-state index contributed by atoms with van der Waals surface area (Å²) in [6.07, 6.45) is 3.87. The minimum absolute atomic E-state index is 0.413. The van der Waals surface area contributed by atoms with E-state index < -0.39 is 0 Å². The van der Waals surface area contributed by atoms with E-state index in [1.54, 1.807) is 0 Å². The Hall–Kier alpha value is -1.13. The van der Waals surface area contributed by atoms with E-state index in [1.807, 2.05) is 23.9 Å². The lowest BCUT2D eigenvalue weighted by atomic mass is 10.0. The Morgan fingerprint density at radius 3 is 2.68 bits per heavy atom. The maximum Gasteiger partial charge on any atom is 0.0951 e. The minimum Gasteiger partial charge on any atom is -0.331 e. The molecule has 1 N–H and O–H groups in total. The Labute approximate surface area is 119 Å². The molecular formula is C15H23N3S. The summed E-state index contributed by atoms with van der Waals surface area (Å²) in [5.41, 5.74) is 1.25. The summed E-state index contributed by atoms with van der Waals surface area (Å²) in [5.74, 6) is 0.578. The van der Waals surface area contributed by atoms with Crippen molar-refractivity contribution in [1.82, 2.24) is 14.9 Å². The van der Waals surface area contributed by atoms with Gasteiger partial charge in [-0.15, -0.1) is 11.3 Å². The number of rotatable bonds is 6. The van der Waals surface area contributed by atoms with Crippen molar-refractivity contribution in [2.75, 3.05) is 0 Å². The van der Waals surface area contributed by atoms with Crippen molar-refractivity contribution >= 4 is 11.3 Å². The van der Waals surface area contributed by atoms with E-state index in [4.69, 9.17) is 0 Å². The number of imidazole rings is 1. The second-order valence-corrected chi connectivity index (χ2v) is 6.48. The Morgan fingerprint density at radius 2 is 2.11 bits per heavy atom. The molecule has 19 heavy (non-hydrogen) atoms. The number of nitrogens with one attached hydrogen (secondary N) is 1.